The predicted octanol–water partition coefficient (Wildman–Crippen LogP) is 5.52. The summed E-state index contributed by atoms with van der Waals surface area (Å²) in [5, 5.41) is 0. The van der Waals surface area contributed by atoms with Crippen LogP contribution < -0.4 is 9.46 Å². The van der Waals surface area contributed by atoms with E-state index in [1.807, 2.05) is 30.1 Å². The monoisotopic (exact) mass is 619 g/mol. The zero-order valence-electron chi connectivity index (χ0n) is 25.8. The van der Waals surface area contributed by atoms with Crippen molar-refractivity contribution < 1.29 is 27.5 Å². The van der Waals surface area contributed by atoms with Crippen LogP contribution in [0, 0.1) is 5.92 Å². The van der Waals surface area contributed by atoms with E-state index in [2.05, 4.69) is 4.72 Å². The molecular formula is C34H41N3O6S. The molecule has 1 aliphatic heterocycles. The molecule has 234 valence electrons. The van der Waals surface area contributed by atoms with E-state index >= 15 is 0 Å². The van der Waals surface area contributed by atoms with Gasteiger partial charge in [-0.2, -0.15) is 0 Å². The number of anilines is 1. The summed E-state index contributed by atoms with van der Waals surface area (Å²) >= 11 is 0. The lowest BCUT2D eigenvalue weighted by Gasteiger charge is -2.34. The van der Waals surface area contributed by atoms with E-state index in [4.69, 9.17) is 9.47 Å². The Bertz CT molecular complexity index is 1630. The Morgan fingerprint density at radius 2 is 1.80 bits per heavy atom. The summed E-state index contributed by atoms with van der Waals surface area (Å²) in [7, 11) is 2.58. The molecular weight excluding hydrogens is 578 g/mol. The molecule has 1 N–H and O–H groups in total. The van der Waals surface area contributed by atoms with Gasteiger partial charge >= 0.3 is 0 Å². The number of hydrogen-bond donors (Lipinski definition) is 1. The van der Waals surface area contributed by atoms with Crippen molar-refractivity contribution in [1.29, 1.82) is 0 Å². The lowest BCUT2D eigenvalue weighted by atomic mass is 9.86. The van der Waals surface area contributed by atoms with Crippen molar-refractivity contribution in [3.8, 4) is 16.9 Å². The highest BCUT2D eigenvalue weighted by Crippen LogP contribution is 2.37. The summed E-state index contributed by atoms with van der Waals surface area (Å²) in [6.07, 6.45) is 4.96. The maximum Gasteiger partial charge on any atom is 0.265 e. The lowest BCUT2D eigenvalue weighted by molar-refractivity contribution is -0.132. The Labute approximate surface area is 260 Å². The molecule has 1 fully saturated rings. The normalized spacial score (nSPS) is 17.9. The summed E-state index contributed by atoms with van der Waals surface area (Å²) in [5.41, 5.74) is 4.37. The summed E-state index contributed by atoms with van der Waals surface area (Å²) in [6.45, 7) is 1.49. The first kappa shape index (κ1) is 31.5. The van der Waals surface area contributed by atoms with Gasteiger partial charge in [0.25, 0.3) is 15.9 Å². The van der Waals surface area contributed by atoms with Crippen LogP contribution in [0.2, 0.25) is 0 Å². The molecule has 3 aromatic carbocycles. The third kappa shape index (κ3) is 6.92. The number of aryl methyl sites for hydroxylation is 1. The zero-order valence-corrected chi connectivity index (χ0v) is 26.7. The molecule has 2 amide bonds. The number of nitrogens with zero attached hydrogens (tertiary/aromatic N) is 2. The third-order valence-corrected chi connectivity index (χ3v) is 10.0. The molecule has 0 saturated carbocycles. The van der Waals surface area contributed by atoms with Crippen LogP contribution in [0.5, 0.6) is 5.75 Å². The van der Waals surface area contributed by atoms with Crippen molar-refractivity contribution in [3.63, 3.8) is 0 Å². The molecule has 5 rings (SSSR count). The highest BCUT2D eigenvalue weighted by atomic mass is 32.2. The van der Waals surface area contributed by atoms with Crippen LogP contribution in [-0.2, 0) is 26.0 Å². The molecule has 1 heterocycles. The lowest BCUT2D eigenvalue weighted by Crippen LogP contribution is -2.33. The summed E-state index contributed by atoms with van der Waals surface area (Å²) < 4.78 is 41.3. The Balaban J connectivity index is 1.39. The minimum atomic E-state index is -4.07. The number of fused-ring (bicyclic) bond motifs is 1. The summed E-state index contributed by atoms with van der Waals surface area (Å²) in [6, 6.07) is 17.5. The first-order valence-corrected chi connectivity index (χ1v) is 16.5. The van der Waals surface area contributed by atoms with Gasteiger partial charge in [0.1, 0.15) is 10.6 Å². The van der Waals surface area contributed by atoms with E-state index in [0.717, 1.165) is 56.4 Å². The van der Waals surface area contributed by atoms with Gasteiger partial charge in [-0.25, -0.2) is 8.42 Å². The van der Waals surface area contributed by atoms with E-state index in [1.54, 1.807) is 56.6 Å². The standard InChI is InChI=1S/C34H41N3O6S/c1-36(2)34(39)27-9-5-8-25(19-27)26-13-15-31(42-4)32(20-26)44(40,41)35-28-14-12-24-7-6-10-30(29(24)21-28)37(3)33(38)16-11-23-17-18-43-22-23/h5,8-9,12-15,19-21,23,30,35H,6-7,10-11,16-18,22H2,1-4H3. The third-order valence-electron chi connectivity index (χ3n) is 8.63. The Morgan fingerprint density at radius 1 is 1.00 bits per heavy atom. The maximum absolute atomic E-state index is 13.8. The van der Waals surface area contributed by atoms with E-state index in [9.17, 15) is 18.0 Å². The van der Waals surface area contributed by atoms with E-state index in [1.165, 1.54) is 12.0 Å². The molecule has 44 heavy (non-hydrogen) atoms. The molecule has 0 aromatic heterocycles. The minimum absolute atomic E-state index is 0.0145. The van der Waals surface area contributed by atoms with Gasteiger partial charge in [-0.1, -0.05) is 24.3 Å². The number of amides is 2. The van der Waals surface area contributed by atoms with Crippen LogP contribution in [-0.4, -0.2) is 71.5 Å². The van der Waals surface area contributed by atoms with Gasteiger partial charge in [-0.05, 0) is 96.7 Å². The number of methoxy groups -OCH3 is 1. The first-order chi connectivity index (χ1) is 21.1. The molecule has 2 atom stereocenters. The van der Waals surface area contributed by atoms with E-state index in [-0.39, 0.29) is 28.5 Å². The number of carbonyl (C=O) groups is 2. The number of nitrogens with one attached hydrogen (secondary N) is 1. The Kier molecular flexibility index (Phi) is 9.60. The quantitative estimate of drug-likeness (QED) is 0.321. The summed E-state index contributed by atoms with van der Waals surface area (Å²) in [4.78, 5) is 29.0. The van der Waals surface area contributed by atoms with Gasteiger partial charge in [-0.3, -0.25) is 14.3 Å². The number of rotatable bonds is 10. The topological polar surface area (TPSA) is 105 Å². The van der Waals surface area contributed by atoms with Crippen molar-refractivity contribution in [3.05, 3.63) is 77.4 Å². The second-order valence-corrected chi connectivity index (χ2v) is 13.5. The van der Waals surface area contributed by atoms with Crippen molar-refractivity contribution in [2.24, 2.45) is 5.92 Å². The molecule has 9 nitrogen and oxygen atoms in total. The molecule has 2 aliphatic rings. The van der Waals surface area contributed by atoms with E-state index < -0.39 is 10.0 Å². The fraction of sp³-hybridized carbons (Fsp3) is 0.412. The van der Waals surface area contributed by atoms with Crippen LogP contribution in [0.1, 0.15) is 59.6 Å². The van der Waals surface area contributed by atoms with Gasteiger partial charge < -0.3 is 19.3 Å². The van der Waals surface area contributed by atoms with Gasteiger partial charge in [-0.15, -0.1) is 0 Å². The SMILES string of the molecule is COc1ccc(-c2cccc(C(=O)N(C)C)c2)cc1S(=O)(=O)Nc1ccc2c(c1)C(N(C)C(=O)CCC1CCOC1)CCC2. The van der Waals surface area contributed by atoms with Crippen molar-refractivity contribution >= 4 is 27.5 Å². The predicted molar refractivity (Wildman–Crippen MR) is 170 cm³/mol. The smallest absolute Gasteiger partial charge is 0.265 e. The molecule has 0 bridgehead atoms. The molecule has 0 radical (unpaired) electrons. The second-order valence-electron chi connectivity index (χ2n) is 11.8. The zero-order chi connectivity index (χ0) is 31.4. The number of hydrogen-bond acceptors (Lipinski definition) is 6. The van der Waals surface area contributed by atoms with E-state index in [0.29, 0.717) is 34.7 Å². The number of carbonyl (C=O) groups excluding carboxylic acids is 2. The van der Waals surface area contributed by atoms with Gasteiger partial charge in [0.15, 0.2) is 0 Å². The molecule has 0 spiro atoms. The number of sulfonamides is 1. The Hall–Kier alpha value is -3.89. The van der Waals surface area contributed by atoms with Gasteiger partial charge in [0.05, 0.1) is 13.2 Å². The van der Waals surface area contributed by atoms with Gasteiger partial charge in [0, 0.05) is 52.0 Å². The average Bonchev–Trinajstić information content (AvgIpc) is 3.56. The highest BCUT2D eigenvalue weighted by molar-refractivity contribution is 7.92. The highest BCUT2D eigenvalue weighted by Gasteiger charge is 2.29. The van der Waals surface area contributed by atoms with Crippen LogP contribution in [0.3, 0.4) is 0 Å². The maximum atomic E-state index is 13.8. The molecule has 2 unspecified atom stereocenters. The van der Waals surface area contributed by atoms with Crippen LogP contribution in [0.4, 0.5) is 5.69 Å². The van der Waals surface area contributed by atoms with Crippen molar-refractivity contribution in [2.75, 3.05) is 46.2 Å². The van der Waals surface area contributed by atoms with Gasteiger partial charge in [0.2, 0.25) is 5.91 Å². The largest absolute Gasteiger partial charge is 0.495 e. The first-order valence-electron chi connectivity index (χ1n) is 15.1. The second kappa shape index (κ2) is 13.4. The molecule has 1 saturated heterocycles. The van der Waals surface area contributed by atoms with Crippen LogP contribution in [0.25, 0.3) is 11.1 Å². The molecule has 3 aromatic rings. The van der Waals surface area contributed by atoms with Crippen LogP contribution in [0.15, 0.2) is 65.6 Å². The number of benzene rings is 3. The van der Waals surface area contributed by atoms with Crippen LogP contribution >= 0.6 is 0 Å². The minimum Gasteiger partial charge on any atom is -0.495 e. The molecule has 1 aliphatic carbocycles. The number of ether oxygens (including phenoxy) is 2. The van der Waals surface area contributed by atoms with Crippen molar-refractivity contribution in [2.45, 2.75) is 49.5 Å². The molecule has 10 heteroatoms. The Morgan fingerprint density at radius 3 is 2.52 bits per heavy atom. The fourth-order valence-electron chi connectivity index (χ4n) is 6.10. The fourth-order valence-corrected chi connectivity index (χ4v) is 7.34. The van der Waals surface area contributed by atoms with Crippen molar-refractivity contribution in [1.82, 2.24) is 9.80 Å². The average molecular weight is 620 g/mol. The summed E-state index contributed by atoms with van der Waals surface area (Å²) in [5.74, 6) is 0.595.